The number of fused-ring (bicyclic) bond motifs is 1. The Morgan fingerprint density at radius 3 is 2.81 bits per heavy atom. The summed E-state index contributed by atoms with van der Waals surface area (Å²) in [5.41, 5.74) is 2.67. The fraction of sp³-hybridized carbons (Fsp3) is 0.474. The Kier molecular flexibility index (Phi) is 4.89. The highest BCUT2D eigenvalue weighted by Gasteiger charge is 2.21. The van der Waals surface area contributed by atoms with E-state index in [0.717, 1.165) is 57.2 Å². The van der Waals surface area contributed by atoms with Crippen LogP contribution in [-0.4, -0.2) is 66.3 Å². The van der Waals surface area contributed by atoms with Gasteiger partial charge in [0.15, 0.2) is 5.65 Å². The zero-order valence-corrected chi connectivity index (χ0v) is 15.9. The van der Waals surface area contributed by atoms with Crippen molar-refractivity contribution in [1.82, 2.24) is 34.2 Å². The van der Waals surface area contributed by atoms with Crippen LogP contribution in [0.4, 0.5) is 0 Å². The number of nitrogens with zero attached hydrogens (tertiary/aromatic N) is 7. The maximum Gasteiger partial charge on any atom is 0.255 e. The molecule has 1 fully saturated rings. The lowest BCUT2D eigenvalue weighted by Gasteiger charge is -2.22. The van der Waals surface area contributed by atoms with E-state index in [9.17, 15) is 4.79 Å². The largest absolute Gasteiger partial charge is 0.337 e. The topological polar surface area (TPSA) is 71.6 Å². The summed E-state index contributed by atoms with van der Waals surface area (Å²) in [6, 6.07) is 3.69. The van der Waals surface area contributed by atoms with Crippen molar-refractivity contribution in [3.05, 3.63) is 47.7 Å². The first-order valence-corrected chi connectivity index (χ1v) is 9.48. The van der Waals surface area contributed by atoms with Gasteiger partial charge in [-0.2, -0.15) is 5.10 Å². The van der Waals surface area contributed by atoms with Crippen molar-refractivity contribution < 1.29 is 4.79 Å². The SMILES string of the molecule is CCn1cc(CN2CCCN(C(=O)c3ccc4nnc(C)n4c3)CC2)cn1. The van der Waals surface area contributed by atoms with Crippen molar-refractivity contribution in [2.45, 2.75) is 33.4 Å². The van der Waals surface area contributed by atoms with Crippen molar-refractivity contribution >= 4 is 11.6 Å². The normalized spacial score (nSPS) is 16.0. The number of carbonyl (C=O) groups is 1. The van der Waals surface area contributed by atoms with Crippen LogP contribution in [0, 0.1) is 6.92 Å². The molecule has 1 amide bonds. The Labute approximate surface area is 158 Å². The molecule has 0 spiro atoms. The smallest absolute Gasteiger partial charge is 0.255 e. The predicted molar refractivity (Wildman–Crippen MR) is 101 cm³/mol. The Morgan fingerprint density at radius 2 is 2.00 bits per heavy atom. The van der Waals surface area contributed by atoms with Gasteiger partial charge in [0.2, 0.25) is 0 Å². The highest BCUT2D eigenvalue weighted by atomic mass is 16.2. The summed E-state index contributed by atoms with van der Waals surface area (Å²) in [7, 11) is 0. The quantitative estimate of drug-likeness (QED) is 0.700. The number of rotatable bonds is 4. The second-order valence-corrected chi connectivity index (χ2v) is 7.02. The highest BCUT2D eigenvalue weighted by molar-refractivity contribution is 5.94. The summed E-state index contributed by atoms with van der Waals surface area (Å²) >= 11 is 0. The average Bonchev–Trinajstić information content (AvgIpc) is 3.21. The lowest BCUT2D eigenvalue weighted by atomic mass is 10.2. The van der Waals surface area contributed by atoms with Gasteiger partial charge in [0.1, 0.15) is 5.82 Å². The van der Waals surface area contributed by atoms with Crippen LogP contribution in [0.15, 0.2) is 30.7 Å². The molecule has 3 aromatic heterocycles. The Bertz CT molecular complexity index is 945. The number of aryl methyl sites for hydroxylation is 2. The summed E-state index contributed by atoms with van der Waals surface area (Å²) < 4.78 is 3.81. The first-order valence-electron chi connectivity index (χ1n) is 9.48. The molecule has 0 bridgehead atoms. The van der Waals surface area contributed by atoms with Crippen LogP contribution >= 0.6 is 0 Å². The molecule has 1 aliphatic heterocycles. The van der Waals surface area contributed by atoms with Gasteiger partial charge in [-0.3, -0.25) is 18.8 Å². The fourth-order valence-electron chi connectivity index (χ4n) is 3.57. The van der Waals surface area contributed by atoms with Crippen LogP contribution in [0.25, 0.3) is 5.65 Å². The minimum Gasteiger partial charge on any atom is -0.337 e. The molecule has 1 aliphatic rings. The van der Waals surface area contributed by atoms with E-state index >= 15 is 0 Å². The van der Waals surface area contributed by atoms with E-state index in [2.05, 4.69) is 33.3 Å². The Hall–Kier alpha value is -2.74. The second-order valence-electron chi connectivity index (χ2n) is 7.02. The van der Waals surface area contributed by atoms with Gasteiger partial charge < -0.3 is 4.90 Å². The van der Waals surface area contributed by atoms with Crippen LogP contribution in [0.2, 0.25) is 0 Å². The monoisotopic (exact) mass is 367 g/mol. The van der Waals surface area contributed by atoms with Crippen molar-refractivity contribution in [1.29, 1.82) is 0 Å². The molecule has 0 aromatic carbocycles. The van der Waals surface area contributed by atoms with Gasteiger partial charge in [0.25, 0.3) is 5.91 Å². The number of aromatic nitrogens is 5. The molecule has 0 N–H and O–H groups in total. The molecule has 0 aliphatic carbocycles. The number of pyridine rings is 1. The highest BCUT2D eigenvalue weighted by Crippen LogP contribution is 2.13. The van der Waals surface area contributed by atoms with Crippen LogP contribution in [0.3, 0.4) is 0 Å². The van der Waals surface area contributed by atoms with Crippen molar-refractivity contribution in [2.75, 3.05) is 26.2 Å². The van der Waals surface area contributed by atoms with Gasteiger partial charge >= 0.3 is 0 Å². The Balaban J connectivity index is 1.42. The molecular weight excluding hydrogens is 342 g/mol. The standard InChI is InChI=1S/C19H25N7O/c1-3-25-13-16(11-20-25)12-23-7-4-8-24(10-9-23)19(27)17-5-6-18-22-21-15(2)26(18)14-17/h5-6,11,13-14H,3-4,7-10,12H2,1-2H3. The first-order chi connectivity index (χ1) is 13.1. The second kappa shape index (κ2) is 7.48. The molecule has 4 heterocycles. The minimum atomic E-state index is 0.0747. The number of hydrogen-bond donors (Lipinski definition) is 0. The molecule has 4 rings (SSSR count). The van der Waals surface area contributed by atoms with E-state index in [-0.39, 0.29) is 5.91 Å². The molecule has 8 nitrogen and oxygen atoms in total. The summed E-state index contributed by atoms with van der Waals surface area (Å²) in [5.74, 6) is 0.861. The fourth-order valence-corrected chi connectivity index (χ4v) is 3.57. The third kappa shape index (κ3) is 3.71. The molecule has 142 valence electrons. The van der Waals surface area contributed by atoms with Crippen LogP contribution in [0.1, 0.15) is 35.1 Å². The third-order valence-electron chi connectivity index (χ3n) is 5.11. The van der Waals surface area contributed by atoms with Gasteiger partial charge in [0.05, 0.1) is 11.8 Å². The predicted octanol–water partition coefficient (Wildman–Crippen LogP) is 1.60. The molecule has 3 aromatic rings. The van der Waals surface area contributed by atoms with E-state index < -0.39 is 0 Å². The summed E-state index contributed by atoms with van der Waals surface area (Å²) in [5, 5.41) is 12.5. The summed E-state index contributed by atoms with van der Waals surface area (Å²) in [6.45, 7) is 9.13. The van der Waals surface area contributed by atoms with E-state index in [1.54, 1.807) is 0 Å². The van der Waals surface area contributed by atoms with Gasteiger partial charge in [-0.15, -0.1) is 10.2 Å². The van der Waals surface area contributed by atoms with E-state index in [4.69, 9.17) is 0 Å². The van der Waals surface area contributed by atoms with Gasteiger partial charge in [-0.25, -0.2) is 0 Å². The summed E-state index contributed by atoms with van der Waals surface area (Å²) in [4.78, 5) is 17.3. The molecule has 0 radical (unpaired) electrons. The van der Waals surface area contributed by atoms with Gasteiger partial charge in [-0.05, 0) is 32.4 Å². The minimum absolute atomic E-state index is 0.0747. The zero-order valence-electron chi connectivity index (χ0n) is 15.9. The lowest BCUT2D eigenvalue weighted by molar-refractivity contribution is 0.0760. The van der Waals surface area contributed by atoms with Crippen LogP contribution < -0.4 is 0 Å². The van der Waals surface area contributed by atoms with E-state index in [1.807, 2.05) is 45.4 Å². The van der Waals surface area contributed by atoms with Gasteiger partial charge in [-0.1, -0.05) is 0 Å². The number of amides is 1. The van der Waals surface area contributed by atoms with Crippen LogP contribution in [0.5, 0.6) is 0 Å². The number of carbonyl (C=O) groups excluding carboxylic acids is 1. The van der Waals surface area contributed by atoms with Crippen molar-refractivity contribution in [3.8, 4) is 0 Å². The average molecular weight is 367 g/mol. The van der Waals surface area contributed by atoms with E-state index in [0.29, 0.717) is 5.56 Å². The molecule has 1 saturated heterocycles. The maximum atomic E-state index is 13.0. The van der Waals surface area contributed by atoms with Crippen molar-refractivity contribution in [3.63, 3.8) is 0 Å². The molecule has 8 heteroatoms. The van der Waals surface area contributed by atoms with Crippen LogP contribution in [-0.2, 0) is 13.1 Å². The number of hydrogen-bond acceptors (Lipinski definition) is 5. The molecule has 0 atom stereocenters. The zero-order chi connectivity index (χ0) is 18.8. The molecule has 0 saturated carbocycles. The first kappa shape index (κ1) is 17.7. The van der Waals surface area contributed by atoms with E-state index in [1.165, 1.54) is 5.56 Å². The Morgan fingerprint density at radius 1 is 1.11 bits per heavy atom. The molecular formula is C19H25N7O. The van der Waals surface area contributed by atoms with Gasteiger partial charge in [0, 0.05) is 57.2 Å². The summed E-state index contributed by atoms with van der Waals surface area (Å²) in [6.07, 6.45) is 6.86. The molecule has 0 unspecified atom stereocenters. The third-order valence-corrected chi connectivity index (χ3v) is 5.11. The maximum absolute atomic E-state index is 13.0. The molecule has 27 heavy (non-hydrogen) atoms. The lowest BCUT2D eigenvalue weighted by Crippen LogP contribution is -2.35. The van der Waals surface area contributed by atoms with Crippen molar-refractivity contribution in [2.24, 2.45) is 0 Å².